The molecule has 0 aromatic heterocycles. The molecule has 0 aliphatic heterocycles. The Morgan fingerprint density at radius 1 is 0.643 bits per heavy atom. The number of hydrogen-bond acceptors (Lipinski definition) is 0. The van der Waals surface area contributed by atoms with Crippen LogP contribution in [0.15, 0.2) is 0 Å². The van der Waals surface area contributed by atoms with Crippen molar-refractivity contribution in [2.75, 3.05) is 26.2 Å². The van der Waals surface area contributed by atoms with Gasteiger partial charge < -0.3 is 4.48 Å². The van der Waals surface area contributed by atoms with Crippen LogP contribution in [0.3, 0.4) is 0 Å². The SMILES string of the molecule is CC[N+](CC)(CC)CC.C[B-](C)(C)C. The third-order valence-electron chi connectivity index (χ3n) is 2.68. The van der Waals surface area contributed by atoms with Gasteiger partial charge in [-0.15, -0.1) is 0 Å². The summed E-state index contributed by atoms with van der Waals surface area (Å²) in [6.07, 6.45) is 0. The van der Waals surface area contributed by atoms with E-state index in [9.17, 15) is 0 Å². The van der Waals surface area contributed by atoms with Crippen LogP contribution in [-0.2, 0) is 0 Å². The molecule has 0 fully saturated rings. The first kappa shape index (κ1) is 16.5. The van der Waals surface area contributed by atoms with Crippen LogP contribution in [0.5, 0.6) is 0 Å². The van der Waals surface area contributed by atoms with Crippen LogP contribution in [0.1, 0.15) is 27.7 Å². The Balaban J connectivity index is 0. The van der Waals surface area contributed by atoms with E-state index >= 15 is 0 Å². The van der Waals surface area contributed by atoms with E-state index in [0.29, 0.717) is 0 Å². The Morgan fingerprint density at radius 2 is 0.786 bits per heavy atom. The monoisotopic (exact) mass is 201 g/mol. The summed E-state index contributed by atoms with van der Waals surface area (Å²) in [7, 11) is 0. The summed E-state index contributed by atoms with van der Waals surface area (Å²) in [6.45, 7) is 23.2. The predicted molar refractivity (Wildman–Crippen MR) is 71.6 cm³/mol. The summed E-state index contributed by atoms with van der Waals surface area (Å²) >= 11 is 0. The number of quaternary nitrogens is 1. The van der Waals surface area contributed by atoms with E-state index in [1.54, 1.807) is 0 Å². The van der Waals surface area contributed by atoms with Gasteiger partial charge in [-0.25, -0.2) is 0 Å². The molecular formula is C12H32BN. The summed E-state index contributed by atoms with van der Waals surface area (Å²) in [5.41, 5.74) is 0. The van der Waals surface area contributed by atoms with Gasteiger partial charge in [0.25, 0.3) is 0 Å². The Labute approximate surface area is 92.4 Å². The minimum Gasteiger partial charge on any atom is -0.325 e. The molecule has 0 saturated heterocycles. The molecule has 0 radical (unpaired) electrons. The van der Waals surface area contributed by atoms with Crippen molar-refractivity contribution >= 4 is 6.15 Å². The molecule has 0 heterocycles. The fourth-order valence-corrected chi connectivity index (χ4v) is 1.34. The zero-order valence-corrected chi connectivity index (χ0v) is 11.9. The number of rotatable bonds is 4. The first-order chi connectivity index (χ1) is 6.24. The van der Waals surface area contributed by atoms with Gasteiger partial charge in [-0.2, -0.15) is 27.3 Å². The van der Waals surface area contributed by atoms with Gasteiger partial charge in [0.05, 0.1) is 26.2 Å². The van der Waals surface area contributed by atoms with E-state index in [2.05, 4.69) is 55.0 Å². The lowest BCUT2D eigenvalue weighted by atomic mass is 9.32. The van der Waals surface area contributed by atoms with Crippen LogP contribution in [0.4, 0.5) is 0 Å². The molecule has 0 amide bonds. The van der Waals surface area contributed by atoms with Gasteiger partial charge in [0.2, 0.25) is 0 Å². The Morgan fingerprint density at radius 3 is 0.786 bits per heavy atom. The highest BCUT2D eigenvalue weighted by molar-refractivity contribution is 6.74. The van der Waals surface area contributed by atoms with E-state index in [1.165, 1.54) is 30.7 Å². The maximum Gasteiger partial charge on any atom is 0.0757 e. The van der Waals surface area contributed by atoms with E-state index in [0.717, 1.165) is 0 Å². The maximum atomic E-state index is 2.27. The van der Waals surface area contributed by atoms with Crippen molar-refractivity contribution in [3.8, 4) is 0 Å². The van der Waals surface area contributed by atoms with Gasteiger partial charge in [-0.1, -0.05) is 0 Å². The van der Waals surface area contributed by atoms with Gasteiger partial charge in [0.15, 0.2) is 0 Å². The van der Waals surface area contributed by atoms with Gasteiger partial charge in [0, 0.05) is 0 Å². The molecule has 0 saturated carbocycles. The molecule has 0 bridgehead atoms. The highest BCUT2D eigenvalue weighted by Gasteiger charge is 2.16. The summed E-state index contributed by atoms with van der Waals surface area (Å²) in [5.74, 6) is 0. The zero-order chi connectivity index (χ0) is 11.8. The molecule has 0 unspecified atom stereocenters. The Hall–Kier alpha value is 0.0249. The second kappa shape index (κ2) is 7.33. The van der Waals surface area contributed by atoms with Crippen LogP contribution < -0.4 is 0 Å². The smallest absolute Gasteiger partial charge is 0.0757 e. The molecule has 0 N–H and O–H groups in total. The van der Waals surface area contributed by atoms with E-state index in [1.807, 2.05) is 0 Å². The number of hydrogen-bond donors (Lipinski definition) is 0. The van der Waals surface area contributed by atoms with E-state index in [-0.39, 0.29) is 6.15 Å². The van der Waals surface area contributed by atoms with E-state index in [4.69, 9.17) is 0 Å². The average Bonchev–Trinajstić information content (AvgIpc) is 2.07. The van der Waals surface area contributed by atoms with Gasteiger partial charge >= 0.3 is 0 Å². The van der Waals surface area contributed by atoms with Crippen LogP contribution in [0.2, 0.25) is 27.3 Å². The molecule has 1 nitrogen and oxygen atoms in total. The van der Waals surface area contributed by atoms with Crippen LogP contribution >= 0.6 is 0 Å². The van der Waals surface area contributed by atoms with Crippen molar-refractivity contribution < 1.29 is 4.48 Å². The van der Waals surface area contributed by atoms with Crippen LogP contribution in [0, 0.1) is 0 Å². The topological polar surface area (TPSA) is 0 Å². The fourth-order valence-electron chi connectivity index (χ4n) is 1.34. The molecular weight excluding hydrogens is 169 g/mol. The quantitative estimate of drug-likeness (QED) is 0.479. The third kappa shape index (κ3) is 10.1. The first-order valence-corrected chi connectivity index (χ1v) is 6.40. The maximum absolute atomic E-state index is 2.27. The van der Waals surface area contributed by atoms with Crippen molar-refractivity contribution in [2.24, 2.45) is 0 Å². The molecule has 0 spiro atoms. The Kier molecular flexibility index (Phi) is 8.62. The molecule has 88 valence electrons. The molecule has 0 aromatic carbocycles. The minimum atomic E-state index is 0. The normalized spacial score (nSPS) is 12.0. The molecule has 0 atom stereocenters. The molecule has 0 aromatic rings. The van der Waals surface area contributed by atoms with E-state index < -0.39 is 0 Å². The summed E-state index contributed by atoms with van der Waals surface area (Å²) in [6, 6.07) is 0. The molecule has 2 heteroatoms. The molecule has 0 aliphatic rings. The minimum absolute atomic E-state index is 0. The fraction of sp³-hybridized carbons (Fsp3) is 1.00. The first-order valence-electron chi connectivity index (χ1n) is 6.40. The average molecular weight is 201 g/mol. The van der Waals surface area contributed by atoms with Crippen molar-refractivity contribution in [1.29, 1.82) is 0 Å². The highest BCUT2D eigenvalue weighted by Crippen LogP contribution is 2.03. The van der Waals surface area contributed by atoms with Gasteiger partial charge in [-0.3, -0.25) is 0 Å². The van der Waals surface area contributed by atoms with Crippen molar-refractivity contribution in [3.63, 3.8) is 0 Å². The van der Waals surface area contributed by atoms with Gasteiger partial charge in [-0.05, 0) is 33.8 Å². The lowest BCUT2D eigenvalue weighted by molar-refractivity contribution is -0.921. The lowest BCUT2D eigenvalue weighted by Gasteiger charge is -2.34. The summed E-state index contributed by atoms with van der Waals surface area (Å²) in [5, 5.41) is 0. The molecule has 0 aliphatic carbocycles. The summed E-state index contributed by atoms with van der Waals surface area (Å²) < 4.78 is 1.28. The largest absolute Gasteiger partial charge is 0.325 e. The number of nitrogens with zero attached hydrogens (tertiary/aromatic N) is 1. The van der Waals surface area contributed by atoms with Crippen LogP contribution in [-0.4, -0.2) is 36.8 Å². The van der Waals surface area contributed by atoms with Gasteiger partial charge in [0.1, 0.15) is 0 Å². The molecule has 14 heavy (non-hydrogen) atoms. The predicted octanol–water partition coefficient (Wildman–Crippen LogP) is 3.84. The molecule has 0 rings (SSSR count). The van der Waals surface area contributed by atoms with Crippen molar-refractivity contribution in [1.82, 2.24) is 0 Å². The highest BCUT2D eigenvalue weighted by atomic mass is 15.3. The standard InChI is InChI=1S/C8H20N.C4H12B/c1-5-9(6-2,7-3)8-4;1-5(2,3)4/h5-8H2,1-4H3;1-4H3/q+1;-1. The van der Waals surface area contributed by atoms with Crippen molar-refractivity contribution in [3.05, 3.63) is 0 Å². The second-order valence-corrected chi connectivity index (χ2v) is 6.07. The third-order valence-corrected chi connectivity index (χ3v) is 2.68. The summed E-state index contributed by atoms with van der Waals surface area (Å²) in [4.78, 5) is 0. The zero-order valence-electron chi connectivity index (χ0n) is 11.9. The van der Waals surface area contributed by atoms with Crippen molar-refractivity contribution in [2.45, 2.75) is 55.0 Å². The Bertz CT molecular complexity index is 99.3. The second-order valence-electron chi connectivity index (χ2n) is 6.07. The lowest BCUT2D eigenvalue weighted by Crippen LogP contribution is -2.47. The van der Waals surface area contributed by atoms with Crippen LogP contribution in [0.25, 0.3) is 0 Å².